The van der Waals surface area contributed by atoms with E-state index < -0.39 is 0 Å². The minimum atomic E-state index is -0.198. The second kappa shape index (κ2) is 9.65. The summed E-state index contributed by atoms with van der Waals surface area (Å²) < 4.78 is 8.43. The van der Waals surface area contributed by atoms with Gasteiger partial charge in [-0.05, 0) is 42.2 Å². The Hall–Kier alpha value is -3.02. The van der Waals surface area contributed by atoms with Gasteiger partial charge in [0.25, 0.3) is 5.91 Å². The number of hydrogen-bond donors (Lipinski definition) is 0. The Morgan fingerprint density at radius 1 is 0.933 bits per heavy atom. The maximum Gasteiger partial charge on any atom is 0.279 e. The molecule has 152 valence electrons. The summed E-state index contributed by atoms with van der Waals surface area (Å²) in [6.45, 7) is 1.22. The smallest absolute Gasteiger partial charge is 0.279 e. The van der Waals surface area contributed by atoms with Gasteiger partial charge in [0, 0.05) is 19.2 Å². The first-order valence-electron chi connectivity index (χ1n) is 10.0. The van der Waals surface area contributed by atoms with Gasteiger partial charge in [0.05, 0.1) is 16.8 Å². The largest absolute Gasteiger partial charge is 0.383 e. The molecule has 1 aromatic heterocycles. The number of aryl methyl sites for hydroxylation is 2. The van der Waals surface area contributed by atoms with E-state index in [1.165, 1.54) is 16.9 Å². The van der Waals surface area contributed by atoms with E-state index in [9.17, 15) is 4.79 Å². The fourth-order valence-electron chi connectivity index (χ4n) is 3.52. The van der Waals surface area contributed by atoms with Crippen molar-refractivity contribution in [3.8, 4) is 0 Å². The predicted molar refractivity (Wildman–Crippen MR) is 122 cm³/mol. The zero-order chi connectivity index (χ0) is 20.8. The van der Waals surface area contributed by atoms with Gasteiger partial charge in [-0.15, -0.1) is 0 Å². The zero-order valence-corrected chi connectivity index (χ0v) is 17.8. The lowest BCUT2D eigenvalue weighted by Crippen LogP contribution is -2.19. The number of benzene rings is 3. The third-order valence-corrected chi connectivity index (χ3v) is 6.14. The van der Waals surface area contributed by atoms with Crippen molar-refractivity contribution >= 4 is 27.5 Å². The van der Waals surface area contributed by atoms with Crippen molar-refractivity contribution in [2.75, 3.05) is 13.7 Å². The van der Waals surface area contributed by atoms with E-state index in [0.717, 1.165) is 28.6 Å². The van der Waals surface area contributed by atoms with Crippen LogP contribution in [0.3, 0.4) is 0 Å². The lowest BCUT2D eigenvalue weighted by atomic mass is 9.99. The molecule has 0 saturated carbocycles. The molecule has 0 atom stereocenters. The molecule has 0 fully saturated rings. The van der Waals surface area contributed by atoms with E-state index in [4.69, 9.17) is 4.74 Å². The Bertz CT molecular complexity index is 1210. The van der Waals surface area contributed by atoms with Crippen LogP contribution in [-0.2, 0) is 24.1 Å². The summed E-state index contributed by atoms with van der Waals surface area (Å²) >= 11 is 1.53. The van der Waals surface area contributed by atoms with Gasteiger partial charge in [-0.2, -0.15) is 4.99 Å². The highest BCUT2D eigenvalue weighted by atomic mass is 32.1. The summed E-state index contributed by atoms with van der Waals surface area (Å²) in [5.41, 5.74) is 4.03. The molecule has 1 amide bonds. The highest BCUT2D eigenvalue weighted by Gasteiger charge is 2.12. The molecule has 4 nitrogen and oxygen atoms in total. The first-order valence-corrected chi connectivity index (χ1v) is 10.9. The van der Waals surface area contributed by atoms with Gasteiger partial charge in [0.15, 0.2) is 4.80 Å². The van der Waals surface area contributed by atoms with Crippen LogP contribution in [0.15, 0.2) is 83.9 Å². The predicted octanol–water partition coefficient (Wildman–Crippen LogP) is 4.88. The normalized spacial score (nSPS) is 11.8. The molecule has 1 heterocycles. The van der Waals surface area contributed by atoms with E-state index in [1.807, 2.05) is 54.6 Å². The van der Waals surface area contributed by atoms with Crippen LogP contribution in [0.2, 0.25) is 0 Å². The van der Waals surface area contributed by atoms with E-state index >= 15 is 0 Å². The van der Waals surface area contributed by atoms with Crippen molar-refractivity contribution in [3.63, 3.8) is 0 Å². The topological polar surface area (TPSA) is 43.6 Å². The first kappa shape index (κ1) is 20.3. The maximum atomic E-state index is 13.1. The molecule has 0 bridgehead atoms. The van der Waals surface area contributed by atoms with Gasteiger partial charge in [-0.3, -0.25) is 4.79 Å². The lowest BCUT2D eigenvalue weighted by Gasteiger charge is -2.07. The summed E-state index contributed by atoms with van der Waals surface area (Å²) in [5.74, 6) is -0.198. The number of ether oxygens (including phenoxy) is 1. The Labute approximate surface area is 180 Å². The van der Waals surface area contributed by atoms with Crippen LogP contribution in [0.1, 0.15) is 21.5 Å². The minimum Gasteiger partial charge on any atom is -0.383 e. The van der Waals surface area contributed by atoms with Crippen LogP contribution in [0, 0.1) is 0 Å². The molecule has 3 aromatic carbocycles. The second-order valence-electron chi connectivity index (χ2n) is 7.06. The zero-order valence-electron chi connectivity index (χ0n) is 17.0. The number of thiazole rings is 1. The summed E-state index contributed by atoms with van der Waals surface area (Å²) in [6.07, 6.45) is 1.69. The molecule has 0 aliphatic heterocycles. The van der Waals surface area contributed by atoms with Gasteiger partial charge in [0.1, 0.15) is 0 Å². The average molecular weight is 417 g/mol. The standard InChI is InChI=1S/C25H24N2O2S/c1-29-18-17-27-22-13-7-8-14-23(22)30-25(27)26-24(28)21-12-6-5-11-20(21)16-15-19-9-3-2-4-10-19/h2-14H,15-18H2,1H3. The Morgan fingerprint density at radius 2 is 1.67 bits per heavy atom. The SMILES string of the molecule is COCCn1c(=NC(=O)c2ccccc2CCc2ccccc2)sc2ccccc21. The minimum absolute atomic E-state index is 0.198. The van der Waals surface area contributed by atoms with Crippen molar-refractivity contribution in [2.45, 2.75) is 19.4 Å². The number of nitrogens with zero attached hydrogens (tertiary/aromatic N) is 2. The van der Waals surface area contributed by atoms with Crippen molar-refractivity contribution in [2.24, 2.45) is 4.99 Å². The van der Waals surface area contributed by atoms with E-state index in [1.54, 1.807) is 7.11 Å². The lowest BCUT2D eigenvalue weighted by molar-refractivity contribution is 0.0996. The van der Waals surface area contributed by atoms with Crippen molar-refractivity contribution in [1.82, 2.24) is 4.57 Å². The van der Waals surface area contributed by atoms with Crippen molar-refractivity contribution in [1.29, 1.82) is 0 Å². The number of rotatable bonds is 7. The molecular weight excluding hydrogens is 392 g/mol. The van der Waals surface area contributed by atoms with E-state index in [-0.39, 0.29) is 5.91 Å². The molecule has 0 aliphatic carbocycles. The van der Waals surface area contributed by atoms with Crippen LogP contribution in [0.25, 0.3) is 10.2 Å². The number of methoxy groups -OCH3 is 1. The molecular formula is C25H24N2O2S. The number of carbonyl (C=O) groups is 1. The summed E-state index contributed by atoms with van der Waals surface area (Å²) in [7, 11) is 1.68. The number of amides is 1. The summed E-state index contributed by atoms with van der Waals surface area (Å²) in [4.78, 5) is 18.4. The fraction of sp³-hybridized carbons (Fsp3) is 0.200. The van der Waals surface area contributed by atoms with Crippen molar-refractivity contribution < 1.29 is 9.53 Å². The molecule has 0 unspecified atom stereocenters. The highest BCUT2D eigenvalue weighted by Crippen LogP contribution is 2.18. The van der Waals surface area contributed by atoms with Gasteiger partial charge >= 0.3 is 0 Å². The molecule has 0 N–H and O–H groups in total. The Morgan fingerprint density at radius 3 is 2.50 bits per heavy atom. The fourth-order valence-corrected chi connectivity index (χ4v) is 4.58. The second-order valence-corrected chi connectivity index (χ2v) is 8.07. The molecule has 30 heavy (non-hydrogen) atoms. The van der Waals surface area contributed by atoms with Gasteiger partial charge in [0.2, 0.25) is 0 Å². The maximum absolute atomic E-state index is 13.1. The third-order valence-electron chi connectivity index (χ3n) is 5.08. The Kier molecular flexibility index (Phi) is 6.52. The third kappa shape index (κ3) is 4.58. The molecule has 4 aromatic rings. The number of fused-ring (bicyclic) bond motifs is 1. The summed E-state index contributed by atoms with van der Waals surface area (Å²) in [6, 6.07) is 26.2. The van der Waals surface area contributed by atoms with Gasteiger partial charge in [-0.25, -0.2) is 0 Å². The first-order chi connectivity index (χ1) is 14.8. The molecule has 0 spiro atoms. The van der Waals surface area contributed by atoms with Crippen LogP contribution < -0.4 is 4.80 Å². The average Bonchev–Trinajstić information content (AvgIpc) is 3.14. The van der Waals surface area contributed by atoms with E-state index in [0.29, 0.717) is 23.5 Å². The number of hydrogen-bond acceptors (Lipinski definition) is 3. The monoisotopic (exact) mass is 416 g/mol. The Balaban J connectivity index is 1.66. The number of carbonyl (C=O) groups excluding carboxylic acids is 1. The van der Waals surface area contributed by atoms with Crippen molar-refractivity contribution in [3.05, 3.63) is 100 Å². The molecule has 5 heteroatoms. The number of aromatic nitrogens is 1. The molecule has 0 radical (unpaired) electrons. The van der Waals surface area contributed by atoms with Crippen LogP contribution >= 0.6 is 11.3 Å². The number of para-hydroxylation sites is 1. The van der Waals surface area contributed by atoms with Crippen LogP contribution in [0.5, 0.6) is 0 Å². The quantitative estimate of drug-likeness (QED) is 0.431. The summed E-state index contributed by atoms with van der Waals surface area (Å²) in [5, 5.41) is 0. The highest BCUT2D eigenvalue weighted by molar-refractivity contribution is 7.16. The van der Waals surface area contributed by atoms with Gasteiger partial charge < -0.3 is 9.30 Å². The van der Waals surface area contributed by atoms with Crippen LogP contribution in [0.4, 0.5) is 0 Å². The molecule has 0 saturated heterocycles. The van der Waals surface area contributed by atoms with E-state index in [2.05, 4.69) is 33.8 Å². The molecule has 4 rings (SSSR count). The molecule has 0 aliphatic rings. The van der Waals surface area contributed by atoms with Gasteiger partial charge in [-0.1, -0.05) is 72.0 Å². The van der Waals surface area contributed by atoms with Crippen LogP contribution in [-0.4, -0.2) is 24.2 Å².